The van der Waals surface area contributed by atoms with Gasteiger partial charge in [0.15, 0.2) is 0 Å². The highest BCUT2D eigenvalue weighted by Gasteiger charge is 2.38. The molecule has 5 heteroatoms. The Labute approximate surface area is 156 Å². The summed E-state index contributed by atoms with van der Waals surface area (Å²) < 4.78 is 11.3. The zero-order valence-corrected chi connectivity index (χ0v) is 15.8. The molecule has 1 saturated heterocycles. The van der Waals surface area contributed by atoms with Crippen molar-refractivity contribution >= 4 is 5.91 Å². The number of nitrogens with zero attached hydrogens (tertiary/aromatic N) is 1. The van der Waals surface area contributed by atoms with Crippen LogP contribution in [-0.4, -0.2) is 55.3 Å². The molecule has 2 aliphatic heterocycles. The van der Waals surface area contributed by atoms with Crippen LogP contribution in [0.1, 0.15) is 54.9 Å². The average molecular weight is 358 g/mol. The summed E-state index contributed by atoms with van der Waals surface area (Å²) in [6.07, 6.45) is 7.24. The van der Waals surface area contributed by atoms with Crippen LogP contribution in [0, 0.1) is 0 Å². The Balaban J connectivity index is 1.44. The van der Waals surface area contributed by atoms with E-state index in [1.54, 1.807) is 0 Å². The third-order valence-electron chi connectivity index (χ3n) is 6.20. The number of carbonyl (C=O) groups excluding carboxylic acids is 1. The molecule has 0 spiro atoms. The van der Waals surface area contributed by atoms with E-state index in [2.05, 4.69) is 17.1 Å². The molecule has 26 heavy (non-hydrogen) atoms. The third-order valence-corrected chi connectivity index (χ3v) is 6.20. The summed E-state index contributed by atoms with van der Waals surface area (Å²) in [5.41, 5.74) is 1.99. The lowest BCUT2D eigenvalue weighted by Crippen LogP contribution is -2.59. The maximum Gasteiger partial charge on any atom is 0.251 e. The molecule has 1 amide bonds. The van der Waals surface area contributed by atoms with Crippen molar-refractivity contribution in [3.8, 4) is 5.75 Å². The van der Waals surface area contributed by atoms with Crippen LogP contribution in [0.5, 0.6) is 5.75 Å². The van der Waals surface area contributed by atoms with E-state index in [1.807, 2.05) is 18.2 Å². The molecule has 142 valence electrons. The molecule has 0 radical (unpaired) electrons. The number of hydrogen-bond donors (Lipinski definition) is 1. The molecule has 1 aromatic carbocycles. The van der Waals surface area contributed by atoms with E-state index in [0.717, 1.165) is 56.1 Å². The lowest BCUT2D eigenvalue weighted by atomic mass is 9.79. The first kappa shape index (κ1) is 17.8. The van der Waals surface area contributed by atoms with E-state index in [-0.39, 0.29) is 17.6 Å². The van der Waals surface area contributed by atoms with Crippen molar-refractivity contribution < 1.29 is 14.3 Å². The van der Waals surface area contributed by atoms with Crippen molar-refractivity contribution in [2.75, 3.05) is 32.8 Å². The van der Waals surface area contributed by atoms with Crippen LogP contribution < -0.4 is 10.1 Å². The van der Waals surface area contributed by atoms with Crippen molar-refractivity contribution in [1.29, 1.82) is 0 Å². The van der Waals surface area contributed by atoms with Crippen molar-refractivity contribution in [2.45, 2.75) is 57.1 Å². The van der Waals surface area contributed by atoms with Gasteiger partial charge in [0.05, 0.1) is 13.2 Å². The molecule has 1 N–H and O–H groups in total. The van der Waals surface area contributed by atoms with Crippen molar-refractivity contribution in [1.82, 2.24) is 10.2 Å². The second-order valence-electron chi connectivity index (χ2n) is 8.02. The van der Waals surface area contributed by atoms with Crippen LogP contribution in [0.2, 0.25) is 0 Å². The Kier molecular flexibility index (Phi) is 5.18. The zero-order valence-electron chi connectivity index (χ0n) is 15.8. The first-order chi connectivity index (χ1) is 12.7. The topological polar surface area (TPSA) is 50.8 Å². The van der Waals surface area contributed by atoms with E-state index in [9.17, 15) is 4.79 Å². The molecule has 5 nitrogen and oxygen atoms in total. The number of hydrogen-bond acceptors (Lipinski definition) is 4. The molecule has 0 bridgehead atoms. The standard InChI is InChI=1S/C21H30N2O3/c1-16-13-18-14-17(5-6-19(18)26-16)20(24)22-15-21(7-3-2-4-8-21)23-9-11-25-12-10-23/h5-6,14,16H,2-4,7-13,15H2,1H3,(H,22,24)/t16-/m1/s1. The van der Waals surface area contributed by atoms with Crippen molar-refractivity contribution in [3.63, 3.8) is 0 Å². The first-order valence-electron chi connectivity index (χ1n) is 10.1. The zero-order chi connectivity index (χ0) is 18.0. The van der Waals surface area contributed by atoms with Crippen molar-refractivity contribution in [3.05, 3.63) is 29.3 Å². The van der Waals surface area contributed by atoms with Crippen LogP contribution in [-0.2, 0) is 11.2 Å². The molecule has 2 heterocycles. The Morgan fingerprint density at radius 1 is 1.23 bits per heavy atom. The average Bonchev–Trinajstić information content (AvgIpc) is 3.06. The highest BCUT2D eigenvalue weighted by atomic mass is 16.5. The molecular formula is C21H30N2O3. The second-order valence-corrected chi connectivity index (χ2v) is 8.02. The van der Waals surface area contributed by atoms with Crippen LogP contribution in [0.25, 0.3) is 0 Å². The van der Waals surface area contributed by atoms with Gasteiger partial charge in [0.1, 0.15) is 11.9 Å². The van der Waals surface area contributed by atoms with Gasteiger partial charge in [-0.15, -0.1) is 0 Å². The van der Waals surface area contributed by atoms with Gasteiger partial charge in [-0.25, -0.2) is 0 Å². The first-order valence-corrected chi connectivity index (χ1v) is 10.1. The van der Waals surface area contributed by atoms with E-state index in [1.165, 1.54) is 32.1 Å². The summed E-state index contributed by atoms with van der Waals surface area (Å²) in [6, 6.07) is 5.82. The number of amides is 1. The molecule has 2 fully saturated rings. The van der Waals surface area contributed by atoms with Gasteiger partial charge in [0, 0.05) is 37.2 Å². The molecule has 1 aliphatic carbocycles. The summed E-state index contributed by atoms with van der Waals surface area (Å²) >= 11 is 0. The minimum Gasteiger partial charge on any atom is -0.490 e. The van der Waals surface area contributed by atoms with Crippen LogP contribution in [0.4, 0.5) is 0 Å². The van der Waals surface area contributed by atoms with E-state index >= 15 is 0 Å². The van der Waals surface area contributed by atoms with Crippen LogP contribution >= 0.6 is 0 Å². The summed E-state index contributed by atoms with van der Waals surface area (Å²) in [4.78, 5) is 15.4. The fraction of sp³-hybridized carbons (Fsp3) is 0.667. The summed E-state index contributed by atoms with van der Waals surface area (Å²) in [6.45, 7) is 6.36. The van der Waals surface area contributed by atoms with E-state index in [0.29, 0.717) is 0 Å². The number of carbonyl (C=O) groups is 1. The lowest BCUT2D eigenvalue weighted by Gasteiger charge is -2.48. The minimum absolute atomic E-state index is 0.0329. The van der Waals surface area contributed by atoms with Gasteiger partial charge in [-0.3, -0.25) is 9.69 Å². The Morgan fingerprint density at radius 3 is 2.77 bits per heavy atom. The smallest absolute Gasteiger partial charge is 0.251 e. The molecule has 1 aromatic rings. The monoisotopic (exact) mass is 358 g/mol. The van der Waals surface area contributed by atoms with Gasteiger partial charge < -0.3 is 14.8 Å². The molecule has 3 aliphatic rings. The molecule has 1 atom stereocenters. The normalized spacial score (nSPS) is 25.3. The lowest BCUT2D eigenvalue weighted by molar-refractivity contribution is -0.0361. The van der Waals surface area contributed by atoms with Crippen LogP contribution in [0.15, 0.2) is 18.2 Å². The third kappa shape index (κ3) is 3.60. The van der Waals surface area contributed by atoms with Crippen molar-refractivity contribution in [2.24, 2.45) is 0 Å². The van der Waals surface area contributed by atoms with E-state index in [4.69, 9.17) is 9.47 Å². The largest absolute Gasteiger partial charge is 0.490 e. The number of rotatable bonds is 4. The molecular weight excluding hydrogens is 328 g/mol. The molecule has 0 aromatic heterocycles. The number of fused-ring (bicyclic) bond motifs is 1. The van der Waals surface area contributed by atoms with Gasteiger partial charge in [-0.1, -0.05) is 19.3 Å². The highest BCUT2D eigenvalue weighted by Crippen LogP contribution is 2.34. The maximum absolute atomic E-state index is 12.8. The Hall–Kier alpha value is -1.59. The van der Waals surface area contributed by atoms with Gasteiger partial charge >= 0.3 is 0 Å². The fourth-order valence-corrected chi connectivity index (χ4v) is 4.76. The van der Waals surface area contributed by atoms with Gasteiger partial charge in [0.25, 0.3) is 5.91 Å². The van der Waals surface area contributed by atoms with E-state index < -0.39 is 0 Å². The predicted molar refractivity (Wildman–Crippen MR) is 101 cm³/mol. The number of benzene rings is 1. The molecule has 0 unspecified atom stereocenters. The molecule has 4 rings (SSSR count). The predicted octanol–water partition coefficient (Wildman–Crippen LogP) is 2.77. The summed E-state index contributed by atoms with van der Waals surface area (Å²) in [7, 11) is 0. The summed E-state index contributed by atoms with van der Waals surface area (Å²) in [5.74, 6) is 0.955. The van der Waals surface area contributed by atoms with Crippen LogP contribution in [0.3, 0.4) is 0 Å². The number of nitrogens with one attached hydrogen (secondary N) is 1. The summed E-state index contributed by atoms with van der Waals surface area (Å²) in [5, 5.41) is 3.25. The SMILES string of the molecule is C[C@@H]1Cc2cc(C(=O)NCC3(N4CCOCC4)CCCCC3)ccc2O1. The fourth-order valence-electron chi connectivity index (χ4n) is 4.76. The van der Waals surface area contributed by atoms with Gasteiger partial charge in [-0.05, 0) is 43.5 Å². The Bertz CT molecular complexity index is 649. The van der Waals surface area contributed by atoms with Gasteiger partial charge in [-0.2, -0.15) is 0 Å². The minimum atomic E-state index is 0.0329. The maximum atomic E-state index is 12.8. The highest BCUT2D eigenvalue weighted by molar-refractivity contribution is 5.94. The van der Waals surface area contributed by atoms with Gasteiger partial charge in [0.2, 0.25) is 0 Å². The second kappa shape index (κ2) is 7.57. The number of morpholine rings is 1. The Morgan fingerprint density at radius 2 is 2.00 bits per heavy atom. The quantitative estimate of drug-likeness (QED) is 0.899. The number of ether oxygens (including phenoxy) is 2. The molecule has 1 saturated carbocycles.